The number of piperidine rings is 1. The summed E-state index contributed by atoms with van der Waals surface area (Å²) in [5.74, 6) is 2.26. The number of ether oxygens (including phenoxy) is 1. The lowest BCUT2D eigenvalue weighted by atomic mass is 9.99. The Bertz CT molecular complexity index is 857. The van der Waals surface area contributed by atoms with Crippen LogP contribution < -0.4 is 10.1 Å². The molecular weight excluding hydrogens is 368 g/mol. The number of hydrogen-bond acceptors (Lipinski definition) is 6. The third-order valence-electron chi connectivity index (χ3n) is 6.11. The first-order chi connectivity index (χ1) is 14.1. The van der Waals surface area contributed by atoms with E-state index in [4.69, 9.17) is 4.74 Å². The van der Waals surface area contributed by atoms with E-state index in [0.29, 0.717) is 13.1 Å². The van der Waals surface area contributed by atoms with Gasteiger partial charge in [0.1, 0.15) is 12.3 Å². The van der Waals surface area contributed by atoms with Gasteiger partial charge in [0.2, 0.25) is 5.91 Å². The molecule has 8 nitrogen and oxygen atoms in total. The Balaban J connectivity index is 1.33. The van der Waals surface area contributed by atoms with Crippen molar-refractivity contribution in [3.8, 4) is 5.75 Å². The molecule has 2 aromatic rings. The molecular formula is C21H30N6O2. The molecule has 0 spiro atoms. The van der Waals surface area contributed by atoms with Gasteiger partial charge >= 0.3 is 0 Å². The number of carbonyl (C=O) groups is 1. The van der Waals surface area contributed by atoms with Crippen molar-refractivity contribution in [3.05, 3.63) is 34.6 Å². The highest BCUT2D eigenvalue weighted by molar-refractivity contribution is 5.75. The number of nitrogens with zero attached hydrogens (tertiary/aromatic N) is 5. The Labute approximate surface area is 171 Å². The molecule has 2 heterocycles. The number of carbonyl (C=O) groups excluding carboxylic acids is 1. The topological polar surface area (TPSA) is 85.2 Å². The maximum Gasteiger partial charge on any atom is 0.242 e. The second kappa shape index (κ2) is 8.90. The first-order valence-electron chi connectivity index (χ1n) is 10.5. The first kappa shape index (κ1) is 19.8. The van der Waals surface area contributed by atoms with Crippen LogP contribution in [-0.4, -0.2) is 51.2 Å². The normalized spacial score (nSPS) is 17.3. The van der Waals surface area contributed by atoms with Gasteiger partial charge in [0.15, 0.2) is 5.82 Å². The third-order valence-corrected chi connectivity index (χ3v) is 6.11. The van der Waals surface area contributed by atoms with Crippen molar-refractivity contribution in [2.45, 2.75) is 58.7 Å². The Morgan fingerprint density at radius 1 is 1.24 bits per heavy atom. The molecule has 1 aromatic heterocycles. The summed E-state index contributed by atoms with van der Waals surface area (Å²) in [5.41, 5.74) is 3.75. The van der Waals surface area contributed by atoms with Crippen molar-refractivity contribution < 1.29 is 9.53 Å². The minimum absolute atomic E-state index is 0.103. The molecule has 8 heteroatoms. The van der Waals surface area contributed by atoms with E-state index in [-0.39, 0.29) is 12.5 Å². The highest BCUT2D eigenvalue weighted by Gasteiger charge is 2.20. The standard InChI is InChI=1S/C21H30N6O2/c1-15-6-8-26(9-7-15)13-20-23-24-25-27(20)14-21(28)22-12-18-10-16-4-3-5-17(16)11-19(18)29-2/h10-11,15H,3-9,12-14H2,1-2H3,(H,22,28). The predicted molar refractivity (Wildman–Crippen MR) is 108 cm³/mol. The molecule has 4 rings (SSSR count). The number of aromatic nitrogens is 4. The van der Waals surface area contributed by atoms with Gasteiger partial charge in [-0.25, -0.2) is 4.68 Å². The number of aryl methyl sites for hydroxylation is 2. The average Bonchev–Trinajstić information content (AvgIpc) is 3.36. The molecule has 0 radical (unpaired) electrons. The maximum atomic E-state index is 12.5. The van der Waals surface area contributed by atoms with Crippen molar-refractivity contribution in [3.63, 3.8) is 0 Å². The molecule has 1 amide bonds. The van der Waals surface area contributed by atoms with Crippen LogP contribution in [0.5, 0.6) is 5.75 Å². The quantitative estimate of drug-likeness (QED) is 0.764. The molecule has 0 unspecified atom stereocenters. The molecule has 29 heavy (non-hydrogen) atoms. The summed E-state index contributed by atoms with van der Waals surface area (Å²) in [4.78, 5) is 14.9. The molecule has 0 bridgehead atoms. The van der Waals surface area contributed by atoms with Crippen molar-refractivity contribution in [2.75, 3.05) is 20.2 Å². The molecule has 1 aliphatic carbocycles. The monoisotopic (exact) mass is 398 g/mol. The lowest BCUT2D eigenvalue weighted by molar-refractivity contribution is -0.122. The Morgan fingerprint density at radius 3 is 2.76 bits per heavy atom. The number of hydrogen-bond donors (Lipinski definition) is 1. The SMILES string of the molecule is COc1cc2c(cc1CNC(=O)Cn1nnnc1CN1CCC(C)CC1)CCC2. The number of likely N-dealkylation sites (tertiary alicyclic amines) is 1. The van der Waals surface area contributed by atoms with E-state index in [1.54, 1.807) is 11.8 Å². The van der Waals surface area contributed by atoms with E-state index in [2.05, 4.69) is 44.8 Å². The third kappa shape index (κ3) is 4.75. The van der Waals surface area contributed by atoms with Crippen LogP contribution in [0.4, 0.5) is 0 Å². The summed E-state index contributed by atoms with van der Waals surface area (Å²) in [5, 5.41) is 14.9. The summed E-state index contributed by atoms with van der Waals surface area (Å²) >= 11 is 0. The van der Waals surface area contributed by atoms with Crippen molar-refractivity contribution in [1.29, 1.82) is 0 Å². The van der Waals surface area contributed by atoms with Crippen LogP contribution in [0.2, 0.25) is 0 Å². The zero-order valence-corrected chi connectivity index (χ0v) is 17.4. The summed E-state index contributed by atoms with van der Waals surface area (Å²) in [7, 11) is 1.68. The zero-order chi connectivity index (χ0) is 20.2. The van der Waals surface area contributed by atoms with E-state index in [9.17, 15) is 4.79 Å². The van der Waals surface area contributed by atoms with Gasteiger partial charge in [0, 0.05) is 12.1 Å². The molecule has 1 saturated heterocycles. The molecule has 2 aliphatic rings. The van der Waals surface area contributed by atoms with Gasteiger partial charge in [-0.15, -0.1) is 5.10 Å². The Morgan fingerprint density at radius 2 is 2.00 bits per heavy atom. The van der Waals surface area contributed by atoms with E-state index < -0.39 is 0 Å². The van der Waals surface area contributed by atoms with E-state index >= 15 is 0 Å². The zero-order valence-electron chi connectivity index (χ0n) is 17.4. The molecule has 1 aliphatic heterocycles. The minimum atomic E-state index is -0.103. The summed E-state index contributed by atoms with van der Waals surface area (Å²) in [6.07, 6.45) is 5.79. The second-order valence-corrected chi connectivity index (χ2v) is 8.27. The number of fused-ring (bicyclic) bond motifs is 1. The van der Waals surface area contributed by atoms with Crippen LogP contribution in [0, 0.1) is 5.92 Å². The van der Waals surface area contributed by atoms with E-state index in [0.717, 1.165) is 49.0 Å². The molecule has 0 saturated carbocycles. The molecule has 1 N–H and O–H groups in total. The molecule has 0 atom stereocenters. The number of tetrazole rings is 1. The molecule has 156 valence electrons. The van der Waals surface area contributed by atoms with Gasteiger partial charge < -0.3 is 10.1 Å². The number of rotatable bonds is 7. The van der Waals surface area contributed by atoms with Gasteiger partial charge in [-0.05, 0) is 78.7 Å². The fourth-order valence-electron chi connectivity index (χ4n) is 4.25. The van der Waals surface area contributed by atoms with Crippen LogP contribution in [0.3, 0.4) is 0 Å². The van der Waals surface area contributed by atoms with E-state index in [1.807, 2.05) is 0 Å². The van der Waals surface area contributed by atoms with Crippen LogP contribution in [0.15, 0.2) is 12.1 Å². The highest BCUT2D eigenvalue weighted by atomic mass is 16.5. The molecule has 1 aromatic carbocycles. The van der Waals surface area contributed by atoms with Gasteiger partial charge in [0.25, 0.3) is 0 Å². The van der Waals surface area contributed by atoms with Crippen LogP contribution >= 0.6 is 0 Å². The Hall–Kier alpha value is -2.48. The number of benzene rings is 1. The van der Waals surface area contributed by atoms with E-state index in [1.165, 1.54) is 30.4 Å². The fourth-order valence-corrected chi connectivity index (χ4v) is 4.25. The van der Waals surface area contributed by atoms with Crippen molar-refractivity contribution >= 4 is 5.91 Å². The molecule has 1 fully saturated rings. The van der Waals surface area contributed by atoms with Gasteiger partial charge in [-0.3, -0.25) is 9.69 Å². The number of amides is 1. The van der Waals surface area contributed by atoms with Crippen molar-refractivity contribution in [2.24, 2.45) is 5.92 Å². The van der Waals surface area contributed by atoms with Gasteiger partial charge in [-0.1, -0.05) is 13.0 Å². The number of nitrogens with one attached hydrogen (secondary N) is 1. The van der Waals surface area contributed by atoms with Crippen LogP contribution in [0.25, 0.3) is 0 Å². The number of methoxy groups -OCH3 is 1. The fraction of sp³-hybridized carbons (Fsp3) is 0.619. The Kier molecular flexibility index (Phi) is 6.08. The summed E-state index contributed by atoms with van der Waals surface area (Å²) < 4.78 is 7.13. The summed E-state index contributed by atoms with van der Waals surface area (Å²) in [6, 6.07) is 4.28. The van der Waals surface area contributed by atoms with Gasteiger partial charge in [0.05, 0.1) is 13.7 Å². The predicted octanol–water partition coefficient (Wildman–Crippen LogP) is 1.72. The average molecular weight is 399 g/mol. The lowest BCUT2D eigenvalue weighted by Crippen LogP contribution is -2.34. The van der Waals surface area contributed by atoms with Crippen LogP contribution in [-0.2, 0) is 37.3 Å². The lowest BCUT2D eigenvalue weighted by Gasteiger charge is -2.29. The highest BCUT2D eigenvalue weighted by Crippen LogP contribution is 2.29. The summed E-state index contributed by atoms with van der Waals surface area (Å²) in [6.45, 7) is 5.65. The van der Waals surface area contributed by atoms with Crippen LogP contribution in [0.1, 0.15) is 48.7 Å². The maximum absolute atomic E-state index is 12.5. The minimum Gasteiger partial charge on any atom is -0.496 e. The van der Waals surface area contributed by atoms with Crippen molar-refractivity contribution in [1.82, 2.24) is 30.4 Å². The van der Waals surface area contributed by atoms with Gasteiger partial charge in [-0.2, -0.15) is 0 Å². The smallest absolute Gasteiger partial charge is 0.242 e. The largest absolute Gasteiger partial charge is 0.496 e. The first-order valence-corrected chi connectivity index (χ1v) is 10.5. The second-order valence-electron chi connectivity index (χ2n) is 8.27.